The minimum atomic E-state index is -1.29. The van der Waals surface area contributed by atoms with E-state index in [4.69, 9.17) is 11.6 Å². The molecule has 1 saturated heterocycles. The molecule has 1 aliphatic heterocycles. The van der Waals surface area contributed by atoms with Crippen LogP contribution >= 0.6 is 11.6 Å². The first-order valence-corrected chi connectivity index (χ1v) is 10.2. The number of nitrogens with one attached hydrogen (secondary N) is 2. The van der Waals surface area contributed by atoms with Crippen molar-refractivity contribution in [1.29, 1.82) is 0 Å². The maximum absolute atomic E-state index is 14.4. The van der Waals surface area contributed by atoms with Crippen LogP contribution in [-0.2, 0) is 4.79 Å². The number of nitrogens with zero attached hydrogens (tertiary/aromatic N) is 4. The highest BCUT2D eigenvalue weighted by Gasteiger charge is 2.42. The third-order valence-corrected chi connectivity index (χ3v) is 5.65. The van der Waals surface area contributed by atoms with Crippen LogP contribution in [-0.4, -0.2) is 38.1 Å². The summed E-state index contributed by atoms with van der Waals surface area (Å²) in [6, 6.07) is 7.01. The van der Waals surface area contributed by atoms with Gasteiger partial charge in [-0.25, -0.2) is 23.7 Å². The zero-order chi connectivity index (χ0) is 22.1. The highest BCUT2D eigenvalue weighted by molar-refractivity contribution is 6.30. The summed E-state index contributed by atoms with van der Waals surface area (Å²) >= 11 is 5.93. The number of amides is 1. The number of carbonyl (C=O) groups excluding carboxylic acids is 1. The zero-order valence-electron chi connectivity index (χ0n) is 16.9. The fourth-order valence-corrected chi connectivity index (χ4v) is 3.77. The molecule has 0 spiro atoms. The van der Waals surface area contributed by atoms with Crippen LogP contribution < -0.4 is 10.6 Å². The van der Waals surface area contributed by atoms with Crippen LogP contribution in [0.4, 0.5) is 14.7 Å². The van der Waals surface area contributed by atoms with Crippen LogP contribution in [0.5, 0.6) is 0 Å². The number of carbonyl (C=O) groups is 1. The SMILES string of the molecule is C[C@H](Nc1ncc(F)c([C@@H]2C(=O)NCC2[C@@H](C)F)n1)c1cn(-c2ccc(Cl)cc2)cn1. The highest BCUT2D eigenvalue weighted by Crippen LogP contribution is 2.33. The van der Waals surface area contributed by atoms with Crippen LogP contribution in [0.15, 0.2) is 43.0 Å². The van der Waals surface area contributed by atoms with Gasteiger partial charge in [0.1, 0.15) is 6.17 Å². The van der Waals surface area contributed by atoms with Gasteiger partial charge in [0.15, 0.2) is 5.82 Å². The number of hydrogen-bond acceptors (Lipinski definition) is 5. The summed E-state index contributed by atoms with van der Waals surface area (Å²) in [6.45, 7) is 3.36. The summed E-state index contributed by atoms with van der Waals surface area (Å²) in [5.74, 6) is -2.72. The largest absolute Gasteiger partial charge is 0.355 e. The van der Waals surface area contributed by atoms with E-state index < -0.39 is 29.7 Å². The summed E-state index contributed by atoms with van der Waals surface area (Å²) in [6.07, 6.45) is 3.22. The van der Waals surface area contributed by atoms with E-state index in [0.29, 0.717) is 10.7 Å². The highest BCUT2D eigenvalue weighted by atomic mass is 35.5. The van der Waals surface area contributed by atoms with Gasteiger partial charge in [0, 0.05) is 29.4 Å². The Balaban J connectivity index is 1.54. The second-order valence-electron chi connectivity index (χ2n) is 7.54. The van der Waals surface area contributed by atoms with E-state index in [1.54, 1.807) is 18.5 Å². The van der Waals surface area contributed by atoms with Gasteiger partial charge in [-0.15, -0.1) is 0 Å². The van der Waals surface area contributed by atoms with Crippen molar-refractivity contribution in [2.75, 3.05) is 11.9 Å². The molecule has 0 saturated carbocycles. The molecule has 0 aliphatic carbocycles. The molecule has 1 aliphatic rings. The minimum absolute atomic E-state index is 0.110. The number of rotatable bonds is 6. The lowest BCUT2D eigenvalue weighted by atomic mass is 9.89. The van der Waals surface area contributed by atoms with Gasteiger partial charge in [-0.1, -0.05) is 11.6 Å². The van der Waals surface area contributed by atoms with E-state index in [1.165, 1.54) is 6.92 Å². The Morgan fingerprint density at radius 3 is 2.71 bits per heavy atom. The molecule has 4 atom stereocenters. The molecule has 10 heteroatoms. The number of benzene rings is 1. The molecule has 1 amide bonds. The van der Waals surface area contributed by atoms with Crippen molar-refractivity contribution in [3.05, 3.63) is 65.2 Å². The first-order chi connectivity index (χ1) is 14.8. The Morgan fingerprint density at radius 1 is 1.26 bits per heavy atom. The summed E-state index contributed by atoms with van der Waals surface area (Å²) < 4.78 is 30.2. The molecule has 2 aromatic heterocycles. The number of hydrogen-bond donors (Lipinski definition) is 2. The summed E-state index contributed by atoms with van der Waals surface area (Å²) in [4.78, 5) is 24.8. The maximum Gasteiger partial charge on any atom is 0.229 e. The van der Waals surface area contributed by atoms with Gasteiger partial charge in [-0.2, -0.15) is 0 Å². The zero-order valence-corrected chi connectivity index (χ0v) is 17.6. The second kappa shape index (κ2) is 8.58. The van der Waals surface area contributed by atoms with Gasteiger partial charge in [0.25, 0.3) is 0 Å². The molecule has 1 aromatic carbocycles. The Kier molecular flexibility index (Phi) is 5.86. The van der Waals surface area contributed by atoms with Crippen molar-refractivity contribution < 1.29 is 13.6 Å². The predicted molar refractivity (Wildman–Crippen MR) is 112 cm³/mol. The van der Waals surface area contributed by atoms with E-state index in [2.05, 4.69) is 25.6 Å². The summed E-state index contributed by atoms with van der Waals surface area (Å²) in [7, 11) is 0. The Bertz CT molecular complexity index is 1090. The number of aromatic nitrogens is 4. The topological polar surface area (TPSA) is 84.7 Å². The molecular formula is C21H21ClF2N6O. The van der Waals surface area contributed by atoms with Crippen molar-refractivity contribution in [3.63, 3.8) is 0 Å². The third kappa shape index (κ3) is 4.36. The van der Waals surface area contributed by atoms with Crippen LogP contribution in [0.1, 0.15) is 37.2 Å². The first kappa shape index (κ1) is 21.2. The van der Waals surface area contributed by atoms with Gasteiger partial charge in [-0.3, -0.25) is 4.79 Å². The monoisotopic (exact) mass is 446 g/mol. The molecule has 31 heavy (non-hydrogen) atoms. The molecule has 3 heterocycles. The first-order valence-electron chi connectivity index (χ1n) is 9.84. The van der Waals surface area contributed by atoms with Gasteiger partial charge in [0.05, 0.1) is 35.9 Å². The summed E-state index contributed by atoms with van der Waals surface area (Å²) in [5.41, 5.74) is 1.49. The van der Waals surface area contributed by atoms with Crippen molar-refractivity contribution in [2.45, 2.75) is 32.0 Å². The molecule has 1 unspecified atom stereocenters. The number of imidazole rings is 1. The molecule has 1 fully saturated rings. The standard InChI is InChI=1S/C21H21ClF2N6O/c1-11(23)15-7-25-20(31)18(15)19-16(24)8-26-21(29-19)28-12(2)17-9-30(10-27-17)14-5-3-13(22)4-6-14/h3-6,8-12,15,18H,7H2,1-2H3,(H,25,31)(H,26,28,29)/t11-,12+,15?,18-/m1/s1. The maximum atomic E-state index is 14.4. The van der Waals surface area contributed by atoms with E-state index in [9.17, 15) is 13.6 Å². The molecular weight excluding hydrogens is 426 g/mol. The van der Waals surface area contributed by atoms with E-state index in [0.717, 1.165) is 11.9 Å². The molecule has 7 nitrogen and oxygen atoms in total. The summed E-state index contributed by atoms with van der Waals surface area (Å²) in [5, 5.41) is 6.30. The van der Waals surface area contributed by atoms with Crippen LogP contribution in [0, 0.1) is 11.7 Å². The molecule has 0 radical (unpaired) electrons. The van der Waals surface area contributed by atoms with Crippen LogP contribution in [0.3, 0.4) is 0 Å². The smallest absolute Gasteiger partial charge is 0.229 e. The van der Waals surface area contributed by atoms with Crippen molar-refractivity contribution in [3.8, 4) is 5.69 Å². The fraction of sp³-hybridized carbons (Fsp3) is 0.333. The molecule has 3 aromatic rings. The van der Waals surface area contributed by atoms with Gasteiger partial charge >= 0.3 is 0 Å². The lowest BCUT2D eigenvalue weighted by Gasteiger charge is -2.19. The van der Waals surface area contributed by atoms with Gasteiger partial charge < -0.3 is 15.2 Å². The lowest BCUT2D eigenvalue weighted by Crippen LogP contribution is -2.24. The number of anilines is 1. The second-order valence-corrected chi connectivity index (χ2v) is 7.98. The van der Waals surface area contributed by atoms with E-state index >= 15 is 0 Å². The minimum Gasteiger partial charge on any atom is -0.355 e. The van der Waals surface area contributed by atoms with Gasteiger partial charge in [0.2, 0.25) is 11.9 Å². The molecule has 4 rings (SSSR count). The number of alkyl halides is 1. The average Bonchev–Trinajstić information content (AvgIpc) is 3.37. The van der Waals surface area contributed by atoms with Crippen LogP contribution in [0.25, 0.3) is 5.69 Å². The quantitative estimate of drug-likeness (QED) is 0.601. The molecule has 162 valence electrons. The fourth-order valence-electron chi connectivity index (χ4n) is 3.65. The molecule has 2 N–H and O–H groups in total. The Morgan fingerprint density at radius 2 is 2.00 bits per heavy atom. The van der Waals surface area contributed by atoms with E-state index in [-0.39, 0.29) is 24.2 Å². The average molecular weight is 447 g/mol. The van der Waals surface area contributed by atoms with Crippen molar-refractivity contribution >= 4 is 23.5 Å². The Hall–Kier alpha value is -3.07. The third-order valence-electron chi connectivity index (χ3n) is 5.39. The lowest BCUT2D eigenvalue weighted by molar-refractivity contribution is -0.121. The van der Waals surface area contributed by atoms with E-state index in [1.807, 2.05) is 29.8 Å². The Labute approximate surface area is 182 Å². The van der Waals surface area contributed by atoms with Crippen molar-refractivity contribution in [1.82, 2.24) is 24.8 Å². The van der Waals surface area contributed by atoms with Crippen LogP contribution in [0.2, 0.25) is 5.02 Å². The van der Waals surface area contributed by atoms with Gasteiger partial charge in [-0.05, 0) is 38.1 Å². The van der Waals surface area contributed by atoms with Crippen molar-refractivity contribution in [2.24, 2.45) is 5.92 Å². The normalized spacial score (nSPS) is 20.4. The molecule has 0 bridgehead atoms. The predicted octanol–water partition coefficient (Wildman–Crippen LogP) is 3.82. The number of halogens is 3.